The molecule has 6 heteroatoms. The SMILES string of the molecule is CN(CC(=O)N1CCSC1c1ccc(F)cc1)Cc1ccccc1F. The van der Waals surface area contributed by atoms with Gasteiger partial charge in [-0.25, -0.2) is 8.78 Å². The molecule has 1 aliphatic heterocycles. The van der Waals surface area contributed by atoms with Crippen LogP contribution in [0.1, 0.15) is 16.5 Å². The highest BCUT2D eigenvalue weighted by atomic mass is 32.2. The van der Waals surface area contributed by atoms with Gasteiger partial charge >= 0.3 is 0 Å². The van der Waals surface area contributed by atoms with E-state index in [1.165, 1.54) is 18.2 Å². The van der Waals surface area contributed by atoms with Gasteiger partial charge in [-0.05, 0) is 30.8 Å². The number of rotatable bonds is 5. The van der Waals surface area contributed by atoms with Crippen molar-refractivity contribution in [3.05, 3.63) is 71.3 Å². The molecule has 3 nitrogen and oxygen atoms in total. The zero-order valence-electron chi connectivity index (χ0n) is 14.0. The van der Waals surface area contributed by atoms with Crippen molar-refractivity contribution >= 4 is 17.7 Å². The maximum Gasteiger partial charge on any atom is 0.237 e. The molecule has 2 aromatic rings. The van der Waals surface area contributed by atoms with Gasteiger partial charge in [0.15, 0.2) is 0 Å². The van der Waals surface area contributed by atoms with E-state index >= 15 is 0 Å². The van der Waals surface area contributed by atoms with Crippen molar-refractivity contribution in [2.24, 2.45) is 0 Å². The normalized spacial score (nSPS) is 17.3. The lowest BCUT2D eigenvalue weighted by atomic mass is 10.2. The second-order valence-electron chi connectivity index (χ2n) is 6.13. The van der Waals surface area contributed by atoms with E-state index in [0.717, 1.165) is 11.3 Å². The fourth-order valence-electron chi connectivity index (χ4n) is 2.92. The van der Waals surface area contributed by atoms with Crippen LogP contribution in [0.2, 0.25) is 0 Å². The van der Waals surface area contributed by atoms with E-state index in [-0.39, 0.29) is 29.5 Å². The van der Waals surface area contributed by atoms with Crippen molar-refractivity contribution in [3.63, 3.8) is 0 Å². The molecule has 1 atom stereocenters. The van der Waals surface area contributed by atoms with Crippen LogP contribution in [0, 0.1) is 11.6 Å². The predicted octanol–water partition coefficient (Wildman–Crippen LogP) is 3.67. The molecule has 0 aliphatic carbocycles. The average molecular weight is 362 g/mol. The molecule has 1 amide bonds. The van der Waals surface area contributed by atoms with E-state index in [9.17, 15) is 13.6 Å². The number of thioether (sulfide) groups is 1. The highest BCUT2D eigenvalue weighted by Crippen LogP contribution is 2.37. The van der Waals surface area contributed by atoms with Crippen molar-refractivity contribution in [2.45, 2.75) is 11.9 Å². The largest absolute Gasteiger partial charge is 0.325 e. The Balaban J connectivity index is 1.63. The van der Waals surface area contributed by atoms with E-state index in [1.54, 1.807) is 49.1 Å². The molecular weight excluding hydrogens is 342 g/mol. The number of carbonyl (C=O) groups excluding carboxylic acids is 1. The number of likely N-dealkylation sites (N-methyl/N-ethyl adjacent to an activating group) is 1. The van der Waals surface area contributed by atoms with Crippen molar-refractivity contribution in [3.8, 4) is 0 Å². The van der Waals surface area contributed by atoms with E-state index in [4.69, 9.17) is 0 Å². The third-order valence-corrected chi connectivity index (χ3v) is 5.43. The van der Waals surface area contributed by atoms with Crippen LogP contribution >= 0.6 is 11.8 Å². The van der Waals surface area contributed by atoms with Crippen molar-refractivity contribution < 1.29 is 13.6 Å². The molecule has 3 rings (SSSR count). The molecule has 1 heterocycles. The first-order valence-electron chi connectivity index (χ1n) is 8.13. The maximum atomic E-state index is 13.7. The summed E-state index contributed by atoms with van der Waals surface area (Å²) in [4.78, 5) is 16.3. The molecule has 0 spiro atoms. The fourth-order valence-corrected chi connectivity index (χ4v) is 4.20. The molecule has 1 fully saturated rings. The Morgan fingerprint density at radius 2 is 1.92 bits per heavy atom. The minimum atomic E-state index is -0.283. The van der Waals surface area contributed by atoms with Crippen molar-refractivity contribution in [2.75, 3.05) is 25.9 Å². The predicted molar refractivity (Wildman–Crippen MR) is 96.0 cm³/mol. The van der Waals surface area contributed by atoms with Crippen LogP contribution in [0.15, 0.2) is 48.5 Å². The lowest BCUT2D eigenvalue weighted by Gasteiger charge is -2.26. The van der Waals surface area contributed by atoms with E-state index in [1.807, 2.05) is 9.80 Å². The molecule has 2 aromatic carbocycles. The summed E-state index contributed by atoms with van der Waals surface area (Å²) in [5, 5.41) is -0.0880. The minimum absolute atomic E-state index is 0.00170. The van der Waals surface area contributed by atoms with E-state index in [0.29, 0.717) is 18.7 Å². The third-order valence-electron chi connectivity index (χ3n) is 4.17. The third kappa shape index (κ3) is 4.38. The molecule has 1 aliphatic rings. The van der Waals surface area contributed by atoms with Gasteiger partial charge < -0.3 is 4.90 Å². The van der Waals surface area contributed by atoms with Gasteiger partial charge in [-0.3, -0.25) is 9.69 Å². The summed E-state index contributed by atoms with van der Waals surface area (Å²) in [5.41, 5.74) is 1.50. The van der Waals surface area contributed by atoms with Crippen molar-refractivity contribution in [1.29, 1.82) is 0 Å². The number of halogens is 2. The molecule has 0 aromatic heterocycles. The topological polar surface area (TPSA) is 23.6 Å². The molecule has 132 valence electrons. The monoisotopic (exact) mass is 362 g/mol. The van der Waals surface area contributed by atoms with Gasteiger partial charge in [0.05, 0.1) is 6.54 Å². The van der Waals surface area contributed by atoms with E-state index < -0.39 is 0 Å². The quantitative estimate of drug-likeness (QED) is 0.811. The van der Waals surface area contributed by atoms with Crippen LogP contribution in [0.25, 0.3) is 0 Å². The van der Waals surface area contributed by atoms with Gasteiger partial charge in [0, 0.05) is 24.4 Å². The van der Waals surface area contributed by atoms with Crippen LogP contribution in [0.5, 0.6) is 0 Å². The number of amides is 1. The first-order chi connectivity index (χ1) is 12.0. The smallest absolute Gasteiger partial charge is 0.237 e. The highest BCUT2D eigenvalue weighted by molar-refractivity contribution is 7.99. The Morgan fingerprint density at radius 3 is 2.64 bits per heavy atom. The van der Waals surface area contributed by atoms with Crippen LogP contribution in [-0.4, -0.2) is 41.6 Å². The summed E-state index contributed by atoms with van der Waals surface area (Å²) >= 11 is 1.68. The molecule has 0 radical (unpaired) electrons. The molecule has 25 heavy (non-hydrogen) atoms. The molecule has 1 saturated heterocycles. The van der Waals surface area contributed by atoms with Crippen LogP contribution in [0.4, 0.5) is 8.78 Å². The molecular formula is C19H20F2N2OS. The van der Waals surface area contributed by atoms with Gasteiger partial charge in [-0.2, -0.15) is 0 Å². The first-order valence-corrected chi connectivity index (χ1v) is 9.18. The second kappa shape index (κ2) is 7.97. The number of nitrogens with zero attached hydrogens (tertiary/aromatic N) is 2. The zero-order valence-corrected chi connectivity index (χ0v) is 14.8. The number of hydrogen-bond donors (Lipinski definition) is 0. The van der Waals surface area contributed by atoms with E-state index in [2.05, 4.69) is 0 Å². The number of benzene rings is 2. The van der Waals surface area contributed by atoms with Crippen LogP contribution in [-0.2, 0) is 11.3 Å². The summed E-state index contributed by atoms with van der Waals surface area (Å²) in [6.07, 6.45) is 0. The van der Waals surface area contributed by atoms with Gasteiger partial charge in [-0.15, -0.1) is 11.8 Å². The maximum absolute atomic E-state index is 13.7. The summed E-state index contributed by atoms with van der Waals surface area (Å²) in [6.45, 7) is 1.26. The lowest BCUT2D eigenvalue weighted by molar-refractivity contribution is -0.132. The molecule has 0 N–H and O–H groups in total. The Morgan fingerprint density at radius 1 is 1.20 bits per heavy atom. The Hall–Kier alpha value is -1.92. The Bertz CT molecular complexity index is 738. The summed E-state index contributed by atoms with van der Waals surface area (Å²) < 4.78 is 26.9. The Kier molecular flexibility index (Phi) is 5.71. The summed E-state index contributed by atoms with van der Waals surface area (Å²) in [6, 6.07) is 12.9. The van der Waals surface area contributed by atoms with Gasteiger partial charge in [0.1, 0.15) is 17.0 Å². The standard InChI is InChI=1S/C19H20F2N2OS/c1-22(12-15-4-2-3-5-17(15)21)13-18(24)23-10-11-25-19(23)14-6-8-16(20)9-7-14/h2-9,19H,10-13H2,1H3. The highest BCUT2D eigenvalue weighted by Gasteiger charge is 2.30. The molecule has 1 unspecified atom stereocenters. The van der Waals surface area contributed by atoms with Gasteiger partial charge in [0.25, 0.3) is 0 Å². The zero-order chi connectivity index (χ0) is 17.8. The van der Waals surface area contributed by atoms with Crippen LogP contribution < -0.4 is 0 Å². The number of hydrogen-bond acceptors (Lipinski definition) is 3. The molecule has 0 bridgehead atoms. The van der Waals surface area contributed by atoms with Crippen LogP contribution in [0.3, 0.4) is 0 Å². The van der Waals surface area contributed by atoms with Gasteiger partial charge in [0.2, 0.25) is 5.91 Å². The minimum Gasteiger partial charge on any atom is -0.325 e. The first kappa shape index (κ1) is 17.9. The molecule has 0 saturated carbocycles. The Labute approximate surface area is 150 Å². The average Bonchev–Trinajstić information content (AvgIpc) is 3.07. The fraction of sp³-hybridized carbons (Fsp3) is 0.316. The number of carbonyl (C=O) groups is 1. The summed E-state index contributed by atoms with van der Waals surface area (Å²) in [5.74, 6) is 0.306. The van der Waals surface area contributed by atoms with Crippen molar-refractivity contribution in [1.82, 2.24) is 9.80 Å². The lowest BCUT2D eigenvalue weighted by Crippen LogP contribution is -2.38. The second-order valence-corrected chi connectivity index (χ2v) is 7.31. The summed E-state index contributed by atoms with van der Waals surface area (Å²) in [7, 11) is 1.81. The van der Waals surface area contributed by atoms with Gasteiger partial charge in [-0.1, -0.05) is 30.3 Å².